The van der Waals surface area contributed by atoms with E-state index in [-0.39, 0.29) is 22.3 Å². The lowest BCUT2D eigenvalue weighted by molar-refractivity contribution is -0.385. The minimum Gasteiger partial charge on any atom is -0.367 e. The van der Waals surface area contributed by atoms with Gasteiger partial charge in [0.15, 0.2) is 5.82 Å². The molecule has 1 fully saturated rings. The largest absolute Gasteiger partial charge is 0.367 e. The number of amides is 1. The summed E-state index contributed by atoms with van der Waals surface area (Å²) in [4.78, 5) is 36.5. The average molecular weight is 429 g/mol. The predicted molar refractivity (Wildman–Crippen MR) is 110 cm³/mol. The molecule has 1 amide bonds. The lowest BCUT2D eigenvalue weighted by atomic mass is 10.1. The van der Waals surface area contributed by atoms with E-state index in [0.717, 1.165) is 30.5 Å². The second kappa shape index (κ2) is 7.76. The van der Waals surface area contributed by atoms with Crippen molar-refractivity contribution in [1.82, 2.24) is 9.88 Å². The maximum atomic E-state index is 14.9. The van der Waals surface area contributed by atoms with Gasteiger partial charge in [0, 0.05) is 43.8 Å². The molecule has 0 atom stereocenters. The highest BCUT2D eigenvalue weighted by atomic mass is 19.1. The zero-order chi connectivity index (χ0) is 22.3. The second-order valence-electron chi connectivity index (χ2n) is 7.06. The number of benzene rings is 2. The third-order valence-corrected chi connectivity index (χ3v) is 5.20. The summed E-state index contributed by atoms with van der Waals surface area (Å²) in [7, 11) is 0. The van der Waals surface area contributed by atoms with E-state index in [1.807, 2.05) is 0 Å². The Morgan fingerprint density at radius 2 is 1.77 bits per heavy atom. The Labute approximate surface area is 173 Å². The number of piperazine rings is 1. The van der Waals surface area contributed by atoms with Crippen LogP contribution >= 0.6 is 0 Å². The quantitative estimate of drug-likeness (QED) is 0.481. The molecule has 31 heavy (non-hydrogen) atoms. The number of hydrogen-bond donors (Lipinski definition) is 2. The molecule has 9 nitrogen and oxygen atoms in total. The van der Waals surface area contributed by atoms with E-state index in [9.17, 15) is 28.5 Å². The van der Waals surface area contributed by atoms with Crippen LogP contribution < -0.4 is 21.4 Å². The van der Waals surface area contributed by atoms with Gasteiger partial charge < -0.3 is 20.5 Å². The van der Waals surface area contributed by atoms with Gasteiger partial charge in [0.05, 0.1) is 27.9 Å². The minimum absolute atomic E-state index is 0.137. The van der Waals surface area contributed by atoms with Crippen LogP contribution in [0.25, 0.3) is 16.6 Å². The van der Waals surface area contributed by atoms with Crippen molar-refractivity contribution < 1.29 is 18.5 Å². The van der Waals surface area contributed by atoms with Crippen LogP contribution in [-0.2, 0) is 0 Å². The maximum absolute atomic E-state index is 14.9. The number of carbonyl (C=O) groups excluding carboxylic acids is 1. The van der Waals surface area contributed by atoms with Gasteiger partial charge in [0.1, 0.15) is 11.4 Å². The fourth-order valence-electron chi connectivity index (χ4n) is 3.66. The number of anilines is 1. The van der Waals surface area contributed by atoms with Crippen LogP contribution in [0, 0.1) is 21.7 Å². The van der Waals surface area contributed by atoms with E-state index in [1.54, 1.807) is 4.90 Å². The molecular formula is C20H17F2N5O4. The number of fused-ring (bicyclic) bond motifs is 1. The topological polar surface area (TPSA) is 124 Å². The molecule has 2 heterocycles. The highest BCUT2D eigenvalue weighted by Gasteiger charge is 2.22. The third-order valence-electron chi connectivity index (χ3n) is 5.20. The van der Waals surface area contributed by atoms with Crippen molar-refractivity contribution in [2.45, 2.75) is 0 Å². The van der Waals surface area contributed by atoms with Crippen molar-refractivity contribution in [2.24, 2.45) is 5.73 Å². The fraction of sp³-hybridized carbons (Fsp3) is 0.200. The van der Waals surface area contributed by atoms with Crippen LogP contribution in [0.4, 0.5) is 20.2 Å². The van der Waals surface area contributed by atoms with Gasteiger partial charge >= 0.3 is 0 Å². The standard InChI is InChI=1S/C20H17F2N5O4/c21-14-7-11(27(30)31)1-2-16(14)26-10-13(20(23)29)19(28)12-8-15(22)18(9-17(12)26)25-5-3-24-4-6-25/h1-2,7-10,24H,3-6H2,(H2,23,29). The summed E-state index contributed by atoms with van der Waals surface area (Å²) in [5.74, 6) is -2.68. The first-order chi connectivity index (χ1) is 14.8. The molecule has 1 aromatic heterocycles. The van der Waals surface area contributed by atoms with Crippen LogP contribution in [0.2, 0.25) is 0 Å². The number of rotatable bonds is 4. The van der Waals surface area contributed by atoms with Crippen molar-refractivity contribution in [3.8, 4) is 5.69 Å². The molecule has 1 aliphatic heterocycles. The number of non-ortho nitro benzene ring substituents is 1. The number of nitrogens with zero attached hydrogens (tertiary/aromatic N) is 3. The summed E-state index contributed by atoms with van der Waals surface area (Å²) in [5, 5.41) is 13.9. The van der Waals surface area contributed by atoms with Gasteiger partial charge in [-0.1, -0.05) is 0 Å². The maximum Gasteiger partial charge on any atom is 0.272 e. The molecule has 0 bridgehead atoms. The Kier molecular flexibility index (Phi) is 5.11. The van der Waals surface area contributed by atoms with Gasteiger partial charge in [-0.2, -0.15) is 0 Å². The fourth-order valence-corrected chi connectivity index (χ4v) is 3.66. The van der Waals surface area contributed by atoms with E-state index in [4.69, 9.17) is 5.73 Å². The monoisotopic (exact) mass is 429 g/mol. The smallest absolute Gasteiger partial charge is 0.272 e. The van der Waals surface area contributed by atoms with Crippen molar-refractivity contribution in [3.63, 3.8) is 0 Å². The van der Waals surface area contributed by atoms with Crippen molar-refractivity contribution in [2.75, 3.05) is 31.1 Å². The number of aromatic nitrogens is 1. The zero-order valence-corrected chi connectivity index (χ0v) is 16.1. The Hall–Kier alpha value is -3.86. The first-order valence-electron chi connectivity index (χ1n) is 9.36. The number of pyridine rings is 1. The number of halogens is 2. The summed E-state index contributed by atoms with van der Waals surface area (Å²) in [5.41, 5.74) is 3.79. The number of carbonyl (C=O) groups is 1. The highest BCUT2D eigenvalue weighted by molar-refractivity contribution is 5.97. The Morgan fingerprint density at radius 1 is 1.10 bits per heavy atom. The number of nitrogens with one attached hydrogen (secondary N) is 1. The molecule has 1 saturated heterocycles. The van der Waals surface area contributed by atoms with E-state index >= 15 is 0 Å². The van der Waals surface area contributed by atoms with E-state index in [0.29, 0.717) is 26.2 Å². The van der Waals surface area contributed by atoms with E-state index in [2.05, 4.69) is 5.32 Å². The lowest BCUT2D eigenvalue weighted by Crippen LogP contribution is -2.43. The molecule has 4 rings (SSSR count). The van der Waals surface area contributed by atoms with Crippen LogP contribution in [0.3, 0.4) is 0 Å². The normalized spacial score (nSPS) is 14.1. The molecule has 2 aromatic carbocycles. The summed E-state index contributed by atoms with van der Waals surface area (Å²) >= 11 is 0. The molecule has 160 valence electrons. The van der Waals surface area contributed by atoms with Crippen LogP contribution in [-0.4, -0.2) is 41.6 Å². The molecule has 3 aromatic rings. The Bertz CT molecular complexity index is 1280. The summed E-state index contributed by atoms with van der Waals surface area (Å²) in [6.07, 6.45) is 1.07. The first-order valence-corrected chi connectivity index (χ1v) is 9.36. The predicted octanol–water partition coefficient (Wildman–Crippen LogP) is 1.69. The molecule has 0 spiro atoms. The molecule has 11 heteroatoms. The molecule has 0 aliphatic carbocycles. The third kappa shape index (κ3) is 3.59. The SMILES string of the molecule is NC(=O)c1cn(-c2ccc([N+](=O)[O-])cc2F)c2cc(N3CCNCC3)c(F)cc2c1=O. The van der Waals surface area contributed by atoms with E-state index < -0.39 is 39.1 Å². The molecule has 0 unspecified atom stereocenters. The van der Waals surface area contributed by atoms with E-state index in [1.165, 1.54) is 10.6 Å². The summed E-state index contributed by atoms with van der Waals surface area (Å²) < 4.78 is 30.9. The zero-order valence-electron chi connectivity index (χ0n) is 16.1. The van der Waals surface area contributed by atoms with Crippen LogP contribution in [0.5, 0.6) is 0 Å². The number of nitrogens with two attached hydrogens (primary N) is 1. The number of hydrogen-bond acceptors (Lipinski definition) is 6. The number of primary amides is 1. The van der Waals surface area contributed by atoms with Gasteiger partial charge in [0.25, 0.3) is 11.6 Å². The van der Waals surface area contributed by atoms with Gasteiger partial charge in [-0.25, -0.2) is 8.78 Å². The van der Waals surface area contributed by atoms with Gasteiger partial charge in [-0.05, 0) is 18.2 Å². The highest BCUT2D eigenvalue weighted by Crippen LogP contribution is 2.29. The summed E-state index contributed by atoms with van der Waals surface area (Å²) in [6.45, 7) is 2.33. The molecule has 0 saturated carbocycles. The molecular weight excluding hydrogens is 412 g/mol. The van der Waals surface area contributed by atoms with Crippen molar-refractivity contribution >= 4 is 28.2 Å². The van der Waals surface area contributed by atoms with Crippen LogP contribution in [0.1, 0.15) is 10.4 Å². The van der Waals surface area contributed by atoms with Gasteiger partial charge in [-0.3, -0.25) is 19.7 Å². The number of nitro groups is 1. The number of nitro benzene ring substituents is 1. The second-order valence-corrected chi connectivity index (χ2v) is 7.06. The van der Waals surface area contributed by atoms with Gasteiger partial charge in [0.2, 0.25) is 5.43 Å². The molecule has 1 aliphatic rings. The average Bonchev–Trinajstić information content (AvgIpc) is 2.74. The minimum atomic E-state index is -1.06. The lowest BCUT2D eigenvalue weighted by Gasteiger charge is -2.30. The van der Waals surface area contributed by atoms with Crippen molar-refractivity contribution in [3.05, 3.63) is 74.1 Å². The first kappa shape index (κ1) is 20.4. The summed E-state index contributed by atoms with van der Waals surface area (Å²) in [6, 6.07) is 5.37. The Balaban J connectivity index is 2.02. The molecule has 3 N–H and O–H groups in total. The van der Waals surface area contributed by atoms with Gasteiger partial charge in [-0.15, -0.1) is 0 Å². The molecule has 0 radical (unpaired) electrons. The van der Waals surface area contributed by atoms with Crippen molar-refractivity contribution in [1.29, 1.82) is 0 Å². The Morgan fingerprint density at radius 3 is 2.39 bits per heavy atom. The van der Waals surface area contributed by atoms with Crippen LogP contribution in [0.15, 0.2) is 41.3 Å².